The number of hydrogen-bond donors (Lipinski definition) is 0. The van der Waals surface area contributed by atoms with Gasteiger partial charge in [0, 0.05) is 39.8 Å². The fourth-order valence-corrected chi connectivity index (χ4v) is 1.80. The Morgan fingerprint density at radius 1 is 1.40 bits per heavy atom. The third kappa shape index (κ3) is 4.01. The van der Waals surface area contributed by atoms with Gasteiger partial charge in [-0.1, -0.05) is 6.08 Å². The molecule has 0 atom stereocenters. The highest BCUT2D eigenvalue weighted by molar-refractivity contribution is 5.77. The van der Waals surface area contributed by atoms with Crippen molar-refractivity contribution in [1.82, 2.24) is 9.80 Å². The molecule has 1 saturated heterocycles. The van der Waals surface area contributed by atoms with Crippen LogP contribution in [0, 0.1) is 0 Å². The lowest BCUT2D eigenvalue weighted by Crippen LogP contribution is -2.37. The molecule has 86 valence electrons. The summed E-state index contributed by atoms with van der Waals surface area (Å²) in [7, 11) is 1.56. The fourth-order valence-electron chi connectivity index (χ4n) is 1.80. The van der Waals surface area contributed by atoms with Crippen LogP contribution in [0.5, 0.6) is 0 Å². The molecule has 1 aliphatic rings. The van der Waals surface area contributed by atoms with E-state index in [1.807, 2.05) is 11.0 Å². The first-order chi connectivity index (χ1) is 7.27. The van der Waals surface area contributed by atoms with Gasteiger partial charge in [-0.05, 0) is 6.42 Å². The zero-order chi connectivity index (χ0) is 11.1. The molecule has 4 nitrogen and oxygen atoms in total. The standard InChI is InChI=1S/C11H20N2O2/c1-3-5-12-6-4-7-13(9-8-12)11(14)10-15-2/h3H,1,4-10H2,2H3. The molecule has 0 unspecified atom stereocenters. The van der Waals surface area contributed by atoms with Crippen molar-refractivity contribution in [3.63, 3.8) is 0 Å². The van der Waals surface area contributed by atoms with Crippen LogP contribution in [-0.4, -0.2) is 62.1 Å². The Morgan fingerprint density at radius 2 is 2.20 bits per heavy atom. The first-order valence-electron chi connectivity index (χ1n) is 5.38. The summed E-state index contributed by atoms with van der Waals surface area (Å²) in [6.45, 7) is 8.45. The molecule has 0 radical (unpaired) electrons. The Balaban J connectivity index is 2.38. The zero-order valence-electron chi connectivity index (χ0n) is 9.45. The van der Waals surface area contributed by atoms with Crippen molar-refractivity contribution in [2.75, 3.05) is 46.4 Å². The first-order valence-corrected chi connectivity index (χ1v) is 5.38. The lowest BCUT2D eigenvalue weighted by molar-refractivity contribution is -0.135. The van der Waals surface area contributed by atoms with Crippen molar-refractivity contribution < 1.29 is 9.53 Å². The molecular formula is C11H20N2O2. The van der Waals surface area contributed by atoms with E-state index in [1.54, 1.807) is 7.11 Å². The molecule has 1 heterocycles. The highest BCUT2D eigenvalue weighted by Gasteiger charge is 2.17. The molecule has 0 bridgehead atoms. The third-order valence-corrected chi connectivity index (χ3v) is 2.60. The van der Waals surface area contributed by atoms with Gasteiger partial charge in [0.15, 0.2) is 0 Å². The summed E-state index contributed by atoms with van der Waals surface area (Å²) in [5.74, 6) is 0.0953. The number of hydrogen-bond acceptors (Lipinski definition) is 3. The monoisotopic (exact) mass is 212 g/mol. The third-order valence-electron chi connectivity index (χ3n) is 2.60. The van der Waals surface area contributed by atoms with Crippen molar-refractivity contribution in [2.45, 2.75) is 6.42 Å². The summed E-state index contributed by atoms with van der Waals surface area (Å²) in [6.07, 6.45) is 2.94. The van der Waals surface area contributed by atoms with E-state index in [-0.39, 0.29) is 12.5 Å². The molecule has 1 rings (SSSR count). The Kier molecular flexibility index (Phi) is 5.36. The normalized spacial score (nSPS) is 18.6. The van der Waals surface area contributed by atoms with E-state index in [9.17, 15) is 4.79 Å². The van der Waals surface area contributed by atoms with Gasteiger partial charge in [0.25, 0.3) is 0 Å². The summed E-state index contributed by atoms with van der Waals surface area (Å²) in [5.41, 5.74) is 0. The van der Waals surface area contributed by atoms with Crippen LogP contribution < -0.4 is 0 Å². The second-order valence-corrected chi connectivity index (χ2v) is 3.76. The van der Waals surface area contributed by atoms with Crippen LogP contribution in [-0.2, 0) is 9.53 Å². The smallest absolute Gasteiger partial charge is 0.248 e. The van der Waals surface area contributed by atoms with Crippen molar-refractivity contribution in [3.8, 4) is 0 Å². The lowest BCUT2D eigenvalue weighted by Gasteiger charge is -2.20. The minimum atomic E-state index is 0.0953. The van der Waals surface area contributed by atoms with Crippen molar-refractivity contribution in [2.24, 2.45) is 0 Å². The highest BCUT2D eigenvalue weighted by Crippen LogP contribution is 2.03. The van der Waals surface area contributed by atoms with E-state index in [4.69, 9.17) is 4.74 Å². The number of ether oxygens (including phenoxy) is 1. The largest absolute Gasteiger partial charge is 0.375 e. The van der Waals surface area contributed by atoms with E-state index in [0.717, 1.165) is 39.1 Å². The minimum absolute atomic E-state index is 0.0953. The molecule has 0 aromatic rings. The molecule has 4 heteroatoms. The van der Waals surface area contributed by atoms with Crippen LogP contribution in [0.2, 0.25) is 0 Å². The van der Waals surface area contributed by atoms with E-state index in [0.29, 0.717) is 0 Å². The maximum atomic E-state index is 11.6. The minimum Gasteiger partial charge on any atom is -0.375 e. The van der Waals surface area contributed by atoms with Crippen molar-refractivity contribution >= 4 is 5.91 Å². The molecule has 0 saturated carbocycles. The summed E-state index contributed by atoms with van der Waals surface area (Å²) in [4.78, 5) is 15.8. The number of nitrogens with zero attached hydrogens (tertiary/aromatic N) is 2. The van der Waals surface area contributed by atoms with Gasteiger partial charge in [0.2, 0.25) is 5.91 Å². The Labute approximate surface area is 91.5 Å². The number of methoxy groups -OCH3 is 1. The van der Waals surface area contributed by atoms with Crippen LogP contribution in [0.3, 0.4) is 0 Å². The van der Waals surface area contributed by atoms with Gasteiger partial charge >= 0.3 is 0 Å². The summed E-state index contributed by atoms with van der Waals surface area (Å²) < 4.78 is 4.85. The molecule has 1 fully saturated rings. The van der Waals surface area contributed by atoms with E-state index >= 15 is 0 Å². The number of carbonyl (C=O) groups excluding carboxylic acids is 1. The van der Waals surface area contributed by atoms with Gasteiger partial charge in [0.05, 0.1) is 0 Å². The molecule has 15 heavy (non-hydrogen) atoms. The van der Waals surface area contributed by atoms with E-state index in [1.165, 1.54) is 0 Å². The van der Waals surface area contributed by atoms with Crippen LogP contribution in [0.25, 0.3) is 0 Å². The summed E-state index contributed by atoms with van der Waals surface area (Å²) >= 11 is 0. The van der Waals surface area contributed by atoms with Crippen LogP contribution >= 0.6 is 0 Å². The zero-order valence-corrected chi connectivity index (χ0v) is 9.45. The van der Waals surface area contributed by atoms with Crippen molar-refractivity contribution in [1.29, 1.82) is 0 Å². The Morgan fingerprint density at radius 3 is 2.87 bits per heavy atom. The molecule has 1 aliphatic heterocycles. The molecule has 0 aromatic heterocycles. The van der Waals surface area contributed by atoms with Crippen LogP contribution in [0.1, 0.15) is 6.42 Å². The highest BCUT2D eigenvalue weighted by atomic mass is 16.5. The molecule has 0 aromatic carbocycles. The average Bonchev–Trinajstić information content (AvgIpc) is 2.44. The maximum Gasteiger partial charge on any atom is 0.248 e. The Bertz CT molecular complexity index is 219. The molecule has 1 amide bonds. The quantitative estimate of drug-likeness (QED) is 0.631. The number of amides is 1. The topological polar surface area (TPSA) is 32.8 Å². The van der Waals surface area contributed by atoms with Gasteiger partial charge in [-0.3, -0.25) is 9.69 Å². The lowest BCUT2D eigenvalue weighted by atomic mass is 10.3. The molecular weight excluding hydrogens is 192 g/mol. The van der Waals surface area contributed by atoms with Gasteiger partial charge in [0.1, 0.15) is 6.61 Å². The van der Waals surface area contributed by atoms with E-state index < -0.39 is 0 Å². The van der Waals surface area contributed by atoms with Crippen LogP contribution in [0.4, 0.5) is 0 Å². The molecule has 0 aliphatic carbocycles. The SMILES string of the molecule is C=CCN1CCCN(C(=O)COC)CC1. The molecule has 0 N–H and O–H groups in total. The predicted molar refractivity (Wildman–Crippen MR) is 59.7 cm³/mol. The Hall–Kier alpha value is -0.870. The van der Waals surface area contributed by atoms with Gasteiger partial charge in [-0.25, -0.2) is 0 Å². The average molecular weight is 212 g/mol. The molecule has 0 spiro atoms. The van der Waals surface area contributed by atoms with Crippen molar-refractivity contribution in [3.05, 3.63) is 12.7 Å². The fraction of sp³-hybridized carbons (Fsp3) is 0.727. The van der Waals surface area contributed by atoms with Gasteiger partial charge < -0.3 is 9.64 Å². The summed E-state index contributed by atoms with van der Waals surface area (Å²) in [6, 6.07) is 0. The van der Waals surface area contributed by atoms with Gasteiger partial charge in [-0.2, -0.15) is 0 Å². The first kappa shape index (κ1) is 12.2. The predicted octanol–water partition coefficient (Wildman–Crippen LogP) is 0.353. The maximum absolute atomic E-state index is 11.6. The number of carbonyl (C=O) groups is 1. The summed E-state index contributed by atoms with van der Waals surface area (Å²) in [5, 5.41) is 0. The van der Waals surface area contributed by atoms with E-state index in [2.05, 4.69) is 11.5 Å². The van der Waals surface area contributed by atoms with Crippen LogP contribution in [0.15, 0.2) is 12.7 Å². The van der Waals surface area contributed by atoms with Gasteiger partial charge in [-0.15, -0.1) is 6.58 Å². The second-order valence-electron chi connectivity index (χ2n) is 3.76. The second kappa shape index (κ2) is 6.58. The number of rotatable bonds is 4.